The lowest BCUT2D eigenvalue weighted by Gasteiger charge is -2.07. The summed E-state index contributed by atoms with van der Waals surface area (Å²) in [5.74, 6) is 1.26. The number of benzene rings is 2. The van der Waals surface area contributed by atoms with E-state index in [-0.39, 0.29) is 5.78 Å². The molecule has 2 aromatic rings. The Morgan fingerprint density at radius 2 is 1.90 bits per heavy atom. The third-order valence-electron chi connectivity index (χ3n) is 2.81. The molecular weight excluding hydrogens is 276 g/mol. The minimum absolute atomic E-state index is 0.00380. The highest BCUT2D eigenvalue weighted by Crippen LogP contribution is 2.25. The monoisotopic (exact) mass is 290 g/mol. The van der Waals surface area contributed by atoms with Crippen LogP contribution in [0.5, 0.6) is 11.5 Å². The van der Waals surface area contributed by atoms with E-state index in [1.807, 2.05) is 30.3 Å². The quantitative estimate of drug-likeness (QED) is 0.754. The summed E-state index contributed by atoms with van der Waals surface area (Å²) in [6.45, 7) is 0.341. The van der Waals surface area contributed by atoms with E-state index in [4.69, 9.17) is 21.1 Å². The molecule has 0 aliphatic rings. The Hall–Kier alpha value is -2.00. The van der Waals surface area contributed by atoms with Gasteiger partial charge in [0.05, 0.1) is 18.7 Å². The van der Waals surface area contributed by atoms with E-state index in [0.717, 1.165) is 5.75 Å². The summed E-state index contributed by atoms with van der Waals surface area (Å²) < 4.78 is 10.6. The summed E-state index contributed by atoms with van der Waals surface area (Å²) in [7, 11) is 1.52. The molecule has 0 atom stereocenters. The van der Waals surface area contributed by atoms with Crippen molar-refractivity contribution in [2.75, 3.05) is 13.7 Å². The molecule has 2 aromatic carbocycles. The maximum absolute atomic E-state index is 12.0. The number of hydrogen-bond acceptors (Lipinski definition) is 3. The number of ether oxygens (including phenoxy) is 2. The molecule has 0 saturated carbocycles. The average Bonchev–Trinajstić information content (AvgIpc) is 2.48. The molecule has 3 nitrogen and oxygen atoms in total. The predicted molar refractivity (Wildman–Crippen MR) is 78.9 cm³/mol. The minimum Gasteiger partial charge on any atom is -0.495 e. The number of methoxy groups -OCH3 is 1. The number of ketones is 1. The Bertz CT molecular complexity index is 582. The lowest BCUT2D eigenvalue weighted by molar-refractivity contribution is 0.0962. The van der Waals surface area contributed by atoms with Crippen molar-refractivity contribution < 1.29 is 14.3 Å². The molecule has 0 N–H and O–H groups in total. The number of halogens is 1. The van der Waals surface area contributed by atoms with Crippen LogP contribution in [-0.4, -0.2) is 19.5 Å². The summed E-state index contributed by atoms with van der Waals surface area (Å²) in [5.41, 5.74) is 0.572. The molecule has 0 fully saturated rings. The second kappa shape index (κ2) is 6.96. The fourth-order valence-corrected chi connectivity index (χ4v) is 1.95. The second-order valence-corrected chi connectivity index (χ2v) is 4.59. The van der Waals surface area contributed by atoms with Crippen LogP contribution in [0.3, 0.4) is 0 Å². The summed E-state index contributed by atoms with van der Waals surface area (Å²) in [5, 5.41) is 0.490. The minimum atomic E-state index is -0.00380. The first-order valence-corrected chi connectivity index (χ1v) is 6.63. The Morgan fingerprint density at radius 3 is 2.60 bits per heavy atom. The Kier molecular flexibility index (Phi) is 5.02. The van der Waals surface area contributed by atoms with E-state index in [0.29, 0.717) is 29.4 Å². The molecule has 0 amide bonds. The van der Waals surface area contributed by atoms with Gasteiger partial charge in [0.15, 0.2) is 5.78 Å². The number of carbonyl (C=O) groups excluding carboxylic acids is 1. The summed E-state index contributed by atoms with van der Waals surface area (Å²) in [6.07, 6.45) is 0.305. The van der Waals surface area contributed by atoms with Gasteiger partial charge in [-0.2, -0.15) is 0 Å². The molecule has 0 spiro atoms. The zero-order valence-electron chi connectivity index (χ0n) is 11.1. The highest BCUT2D eigenvalue weighted by atomic mass is 35.5. The molecule has 0 aromatic heterocycles. The summed E-state index contributed by atoms with van der Waals surface area (Å²) in [4.78, 5) is 12.0. The van der Waals surface area contributed by atoms with Crippen molar-refractivity contribution in [1.29, 1.82) is 0 Å². The van der Waals surface area contributed by atoms with Gasteiger partial charge in [-0.15, -0.1) is 0 Å². The van der Waals surface area contributed by atoms with Crippen LogP contribution in [0, 0.1) is 0 Å². The smallest absolute Gasteiger partial charge is 0.166 e. The van der Waals surface area contributed by atoms with Crippen LogP contribution in [0.25, 0.3) is 0 Å². The SMILES string of the molecule is COc1cc(C(=O)CCOc2ccccc2)ccc1Cl. The van der Waals surface area contributed by atoms with Crippen LogP contribution in [0.1, 0.15) is 16.8 Å². The highest BCUT2D eigenvalue weighted by molar-refractivity contribution is 6.32. The van der Waals surface area contributed by atoms with Crippen molar-refractivity contribution >= 4 is 17.4 Å². The van der Waals surface area contributed by atoms with Gasteiger partial charge in [0.1, 0.15) is 11.5 Å². The predicted octanol–water partition coefficient (Wildman–Crippen LogP) is 4.00. The molecule has 0 aliphatic carbocycles. The van der Waals surface area contributed by atoms with Gasteiger partial charge in [0, 0.05) is 12.0 Å². The van der Waals surface area contributed by atoms with Crippen LogP contribution in [0.15, 0.2) is 48.5 Å². The largest absolute Gasteiger partial charge is 0.495 e. The van der Waals surface area contributed by atoms with Gasteiger partial charge >= 0.3 is 0 Å². The number of para-hydroxylation sites is 1. The van der Waals surface area contributed by atoms with Crippen molar-refractivity contribution in [2.45, 2.75) is 6.42 Å². The van der Waals surface area contributed by atoms with Crippen molar-refractivity contribution in [3.05, 3.63) is 59.1 Å². The molecule has 104 valence electrons. The first-order chi connectivity index (χ1) is 9.70. The average molecular weight is 291 g/mol. The van der Waals surface area contributed by atoms with Gasteiger partial charge in [0.2, 0.25) is 0 Å². The van der Waals surface area contributed by atoms with E-state index in [1.54, 1.807) is 18.2 Å². The van der Waals surface area contributed by atoms with Gasteiger partial charge in [-0.05, 0) is 30.3 Å². The third-order valence-corrected chi connectivity index (χ3v) is 3.13. The molecule has 0 bridgehead atoms. The van der Waals surface area contributed by atoms with Crippen LogP contribution >= 0.6 is 11.6 Å². The fraction of sp³-hybridized carbons (Fsp3) is 0.188. The van der Waals surface area contributed by atoms with Crippen molar-refractivity contribution in [3.63, 3.8) is 0 Å². The number of rotatable bonds is 6. The van der Waals surface area contributed by atoms with Gasteiger partial charge in [-0.1, -0.05) is 29.8 Å². The van der Waals surface area contributed by atoms with Gasteiger partial charge in [0.25, 0.3) is 0 Å². The number of hydrogen-bond donors (Lipinski definition) is 0. The maximum atomic E-state index is 12.0. The first kappa shape index (κ1) is 14.4. The third kappa shape index (κ3) is 3.75. The summed E-state index contributed by atoms with van der Waals surface area (Å²) in [6, 6.07) is 14.4. The molecule has 0 radical (unpaired) electrons. The second-order valence-electron chi connectivity index (χ2n) is 4.18. The fourth-order valence-electron chi connectivity index (χ4n) is 1.76. The van der Waals surface area contributed by atoms with Crippen LogP contribution in [0.2, 0.25) is 5.02 Å². The van der Waals surface area contributed by atoms with Crippen LogP contribution in [-0.2, 0) is 0 Å². The van der Waals surface area contributed by atoms with E-state index in [2.05, 4.69) is 0 Å². The van der Waals surface area contributed by atoms with Crippen molar-refractivity contribution in [1.82, 2.24) is 0 Å². The number of carbonyl (C=O) groups is 1. The zero-order chi connectivity index (χ0) is 14.4. The van der Waals surface area contributed by atoms with Gasteiger partial charge in [-0.3, -0.25) is 4.79 Å². The van der Waals surface area contributed by atoms with Crippen LogP contribution < -0.4 is 9.47 Å². The lowest BCUT2D eigenvalue weighted by Crippen LogP contribution is -2.07. The number of Topliss-reactive ketones (excluding diaryl/α,β-unsaturated/α-hetero) is 1. The summed E-state index contributed by atoms with van der Waals surface area (Å²) >= 11 is 5.92. The zero-order valence-corrected chi connectivity index (χ0v) is 11.9. The molecule has 2 rings (SSSR count). The lowest BCUT2D eigenvalue weighted by atomic mass is 10.1. The normalized spacial score (nSPS) is 10.1. The maximum Gasteiger partial charge on any atom is 0.166 e. The van der Waals surface area contributed by atoms with Crippen LogP contribution in [0.4, 0.5) is 0 Å². The molecule has 4 heteroatoms. The first-order valence-electron chi connectivity index (χ1n) is 6.25. The topological polar surface area (TPSA) is 35.5 Å². The molecule has 0 unspecified atom stereocenters. The molecule has 0 saturated heterocycles. The molecular formula is C16H15ClO3. The van der Waals surface area contributed by atoms with E-state index >= 15 is 0 Å². The standard InChI is InChI=1S/C16H15ClO3/c1-19-16-11-12(7-8-14(16)17)15(18)9-10-20-13-5-3-2-4-6-13/h2-8,11H,9-10H2,1H3. The van der Waals surface area contributed by atoms with E-state index < -0.39 is 0 Å². The van der Waals surface area contributed by atoms with E-state index in [1.165, 1.54) is 7.11 Å². The Labute approximate surface area is 123 Å². The van der Waals surface area contributed by atoms with Gasteiger partial charge < -0.3 is 9.47 Å². The van der Waals surface area contributed by atoms with Crippen molar-refractivity contribution in [3.8, 4) is 11.5 Å². The molecule has 0 aliphatic heterocycles. The Balaban J connectivity index is 1.92. The van der Waals surface area contributed by atoms with Crippen molar-refractivity contribution in [2.24, 2.45) is 0 Å². The molecule has 20 heavy (non-hydrogen) atoms. The van der Waals surface area contributed by atoms with Gasteiger partial charge in [-0.25, -0.2) is 0 Å². The Morgan fingerprint density at radius 1 is 1.15 bits per heavy atom. The molecule has 0 heterocycles. The highest BCUT2D eigenvalue weighted by Gasteiger charge is 2.09. The van der Waals surface area contributed by atoms with E-state index in [9.17, 15) is 4.79 Å².